The second-order valence-corrected chi connectivity index (χ2v) is 8.11. The van der Waals surface area contributed by atoms with Crippen molar-refractivity contribution in [3.63, 3.8) is 0 Å². The molecule has 1 N–H and O–H groups in total. The maximum Gasteiger partial charge on any atom is 0.279 e. The molecule has 0 spiro atoms. The van der Waals surface area contributed by atoms with Crippen LogP contribution < -0.4 is 9.46 Å². The fourth-order valence-electron chi connectivity index (χ4n) is 2.89. The summed E-state index contributed by atoms with van der Waals surface area (Å²) >= 11 is 0. The molecule has 0 aromatic heterocycles. The Morgan fingerprint density at radius 1 is 1.23 bits per heavy atom. The van der Waals surface area contributed by atoms with Gasteiger partial charge in [0.1, 0.15) is 11.9 Å². The van der Waals surface area contributed by atoms with Gasteiger partial charge in [-0.1, -0.05) is 32.0 Å². The summed E-state index contributed by atoms with van der Waals surface area (Å²) in [6.45, 7) is 7.49. The highest BCUT2D eigenvalue weighted by atomic mass is 32.2. The fourth-order valence-corrected chi connectivity index (χ4v) is 4.42. The largest absolute Gasteiger partial charge is 0.489 e. The van der Waals surface area contributed by atoms with E-state index in [2.05, 4.69) is 18.6 Å². The maximum atomic E-state index is 12.4. The first-order valence-electron chi connectivity index (χ1n) is 7.83. The Balaban J connectivity index is 1.86. The maximum absolute atomic E-state index is 12.4. The lowest BCUT2D eigenvalue weighted by atomic mass is 9.94. The van der Waals surface area contributed by atoms with E-state index in [1.807, 2.05) is 37.3 Å². The van der Waals surface area contributed by atoms with Gasteiger partial charge < -0.3 is 4.74 Å². The molecule has 1 aliphatic rings. The summed E-state index contributed by atoms with van der Waals surface area (Å²) in [6, 6.07) is 9.42. The molecular weight excluding hydrogens is 300 g/mol. The van der Waals surface area contributed by atoms with Gasteiger partial charge in [-0.3, -0.25) is 0 Å². The molecule has 3 unspecified atom stereocenters. The number of nitrogens with one attached hydrogen (secondary N) is 1. The average molecular weight is 326 g/mol. The number of rotatable bonds is 6. The first-order valence-corrected chi connectivity index (χ1v) is 9.27. The van der Waals surface area contributed by atoms with E-state index in [0.717, 1.165) is 12.2 Å². The Morgan fingerprint density at radius 2 is 1.82 bits per heavy atom. The van der Waals surface area contributed by atoms with Gasteiger partial charge in [-0.2, -0.15) is 17.4 Å². The minimum Gasteiger partial charge on any atom is -0.489 e. The molecule has 1 saturated heterocycles. The molecule has 1 fully saturated rings. The molecule has 0 radical (unpaired) electrons. The molecule has 124 valence electrons. The van der Waals surface area contributed by atoms with Crippen molar-refractivity contribution in [3.05, 3.63) is 30.3 Å². The third kappa shape index (κ3) is 4.97. The number of para-hydroxylation sites is 1. The summed E-state index contributed by atoms with van der Waals surface area (Å²) in [6.07, 6.45) is 0.858. The van der Waals surface area contributed by atoms with Crippen LogP contribution in [0.15, 0.2) is 30.3 Å². The molecule has 3 atom stereocenters. The monoisotopic (exact) mass is 326 g/mol. The normalized spacial score (nSPS) is 24.9. The number of hydrogen-bond donors (Lipinski definition) is 1. The highest BCUT2D eigenvalue weighted by Gasteiger charge is 2.30. The van der Waals surface area contributed by atoms with Gasteiger partial charge in [0.05, 0.1) is 0 Å². The molecule has 6 heteroatoms. The summed E-state index contributed by atoms with van der Waals surface area (Å²) in [5.74, 6) is 1.55. The molecule has 1 heterocycles. The van der Waals surface area contributed by atoms with Crippen molar-refractivity contribution < 1.29 is 13.2 Å². The molecule has 0 saturated carbocycles. The fraction of sp³-hybridized carbons (Fsp3) is 0.625. The Kier molecular flexibility index (Phi) is 5.83. The third-order valence-corrected chi connectivity index (χ3v) is 5.32. The lowest BCUT2D eigenvalue weighted by molar-refractivity contribution is 0.210. The lowest BCUT2D eigenvalue weighted by Crippen LogP contribution is -2.49. The lowest BCUT2D eigenvalue weighted by Gasteiger charge is -2.34. The van der Waals surface area contributed by atoms with E-state index in [1.165, 1.54) is 0 Å². The quantitative estimate of drug-likeness (QED) is 0.872. The Morgan fingerprint density at radius 3 is 2.41 bits per heavy atom. The SMILES string of the molecule is CC1CC(C)CN(S(=O)(=O)NCC(C)Oc2ccccc2)C1. The number of ether oxygens (including phenoxy) is 1. The van der Waals surface area contributed by atoms with Crippen LogP contribution in [0.1, 0.15) is 27.2 Å². The molecule has 0 amide bonds. The van der Waals surface area contributed by atoms with Crippen molar-refractivity contribution >= 4 is 10.2 Å². The van der Waals surface area contributed by atoms with E-state index in [9.17, 15) is 8.42 Å². The van der Waals surface area contributed by atoms with Crippen LogP contribution in [0.2, 0.25) is 0 Å². The van der Waals surface area contributed by atoms with Crippen LogP contribution >= 0.6 is 0 Å². The molecule has 1 aromatic rings. The van der Waals surface area contributed by atoms with Crippen LogP contribution in [0, 0.1) is 11.8 Å². The molecule has 0 aliphatic carbocycles. The Hall–Kier alpha value is -1.11. The molecule has 0 bridgehead atoms. The first kappa shape index (κ1) is 17.2. The van der Waals surface area contributed by atoms with Crippen molar-refractivity contribution in [1.82, 2.24) is 9.03 Å². The van der Waals surface area contributed by atoms with Crippen LogP contribution in [-0.2, 0) is 10.2 Å². The predicted octanol–water partition coefficient (Wildman–Crippen LogP) is 2.27. The minimum absolute atomic E-state index is 0.225. The van der Waals surface area contributed by atoms with E-state index in [1.54, 1.807) is 4.31 Å². The van der Waals surface area contributed by atoms with Crippen molar-refractivity contribution in [1.29, 1.82) is 0 Å². The van der Waals surface area contributed by atoms with E-state index in [4.69, 9.17) is 4.74 Å². The van der Waals surface area contributed by atoms with Gasteiger partial charge in [0, 0.05) is 19.6 Å². The Bertz CT molecular complexity index is 552. The van der Waals surface area contributed by atoms with Crippen LogP contribution in [0.5, 0.6) is 5.75 Å². The number of piperidine rings is 1. The highest BCUT2D eigenvalue weighted by molar-refractivity contribution is 7.87. The third-order valence-electron chi connectivity index (χ3n) is 3.81. The van der Waals surface area contributed by atoms with Gasteiger partial charge in [0.15, 0.2) is 0 Å². The topological polar surface area (TPSA) is 58.6 Å². The second-order valence-electron chi connectivity index (χ2n) is 6.36. The van der Waals surface area contributed by atoms with E-state index in [-0.39, 0.29) is 12.6 Å². The number of benzene rings is 1. The molecule has 1 aromatic carbocycles. The molecular formula is C16H26N2O3S. The summed E-state index contributed by atoms with van der Waals surface area (Å²) in [5, 5.41) is 0. The summed E-state index contributed by atoms with van der Waals surface area (Å²) in [4.78, 5) is 0. The molecule has 2 rings (SSSR count). The van der Waals surface area contributed by atoms with Crippen LogP contribution in [0.25, 0.3) is 0 Å². The van der Waals surface area contributed by atoms with Gasteiger partial charge in [0.25, 0.3) is 10.2 Å². The van der Waals surface area contributed by atoms with Crippen molar-refractivity contribution in [2.75, 3.05) is 19.6 Å². The van der Waals surface area contributed by atoms with Crippen molar-refractivity contribution in [2.45, 2.75) is 33.3 Å². The van der Waals surface area contributed by atoms with Crippen LogP contribution in [0.4, 0.5) is 0 Å². The smallest absolute Gasteiger partial charge is 0.279 e. The predicted molar refractivity (Wildman–Crippen MR) is 88.0 cm³/mol. The zero-order valence-electron chi connectivity index (χ0n) is 13.5. The van der Waals surface area contributed by atoms with Gasteiger partial charge in [-0.25, -0.2) is 0 Å². The van der Waals surface area contributed by atoms with Gasteiger partial charge in [0.2, 0.25) is 0 Å². The van der Waals surface area contributed by atoms with E-state index >= 15 is 0 Å². The van der Waals surface area contributed by atoms with Crippen molar-refractivity contribution in [3.8, 4) is 5.75 Å². The Labute approximate surface area is 133 Å². The van der Waals surface area contributed by atoms with Crippen molar-refractivity contribution in [2.24, 2.45) is 11.8 Å². The average Bonchev–Trinajstić information content (AvgIpc) is 2.45. The molecule has 22 heavy (non-hydrogen) atoms. The molecule has 5 nitrogen and oxygen atoms in total. The number of hydrogen-bond acceptors (Lipinski definition) is 3. The second kappa shape index (κ2) is 7.44. The molecule has 1 aliphatic heterocycles. The first-order chi connectivity index (χ1) is 10.4. The van der Waals surface area contributed by atoms with Gasteiger partial charge in [-0.15, -0.1) is 0 Å². The highest BCUT2D eigenvalue weighted by Crippen LogP contribution is 2.22. The summed E-state index contributed by atoms with van der Waals surface area (Å²) < 4.78 is 34.7. The number of nitrogens with zero attached hydrogens (tertiary/aromatic N) is 1. The van der Waals surface area contributed by atoms with E-state index in [0.29, 0.717) is 24.9 Å². The summed E-state index contributed by atoms with van der Waals surface area (Å²) in [7, 11) is -3.43. The van der Waals surface area contributed by atoms with Crippen LogP contribution in [0.3, 0.4) is 0 Å². The summed E-state index contributed by atoms with van der Waals surface area (Å²) in [5.41, 5.74) is 0. The van der Waals surface area contributed by atoms with E-state index < -0.39 is 10.2 Å². The van der Waals surface area contributed by atoms with Gasteiger partial charge in [-0.05, 0) is 37.3 Å². The van der Waals surface area contributed by atoms with Crippen LogP contribution in [-0.4, -0.2) is 38.5 Å². The minimum atomic E-state index is -3.43. The zero-order chi connectivity index (χ0) is 16.2. The standard InChI is InChI=1S/C16H26N2O3S/c1-13-9-14(2)12-18(11-13)22(19,20)17-10-15(3)21-16-7-5-4-6-8-16/h4-8,13-15,17H,9-12H2,1-3H3. The van der Waals surface area contributed by atoms with Gasteiger partial charge >= 0.3 is 0 Å². The zero-order valence-corrected chi connectivity index (χ0v) is 14.3.